The molecule has 1 heterocycles. The van der Waals surface area contributed by atoms with Crippen molar-refractivity contribution in [3.8, 4) is 0 Å². The van der Waals surface area contributed by atoms with Crippen LogP contribution in [0.3, 0.4) is 0 Å². The molecule has 0 radical (unpaired) electrons. The molecule has 190 valence electrons. The molecule has 4 N–H and O–H groups in total. The molecule has 1 aliphatic heterocycles. The Morgan fingerprint density at radius 3 is 2.31 bits per heavy atom. The zero-order valence-electron chi connectivity index (χ0n) is 19.5. The van der Waals surface area contributed by atoms with Crippen LogP contribution < -0.4 is 16.0 Å². The fourth-order valence-electron chi connectivity index (χ4n) is 3.62. The van der Waals surface area contributed by atoms with Gasteiger partial charge in [-0.1, -0.05) is 47.5 Å². The highest BCUT2D eigenvalue weighted by Gasteiger charge is 2.28. The number of carbonyl (C=O) groups excluding carboxylic acids is 3. The van der Waals surface area contributed by atoms with Crippen molar-refractivity contribution in [2.45, 2.75) is 25.8 Å². The number of carbonyl (C=O) groups is 4. The van der Waals surface area contributed by atoms with Crippen molar-refractivity contribution in [2.75, 3.05) is 23.7 Å². The summed E-state index contributed by atoms with van der Waals surface area (Å²) < 4.78 is 0. The first-order chi connectivity index (χ1) is 17.2. The summed E-state index contributed by atoms with van der Waals surface area (Å²) in [5.41, 5.74) is 1.44. The molecule has 9 nitrogen and oxygen atoms in total. The second-order valence-corrected chi connectivity index (χ2v) is 9.03. The number of benzene rings is 2. The van der Waals surface area contributed by atoms with Crippen molar-refractivity contribution >= 4 is 64.5 Å². The Hall–Kier alpha value is -3.56. The minimum atomic E-state index is -1.10. The van der Waals surface area contributed by atoms with E-state index in [4.69, 9.17) is 28.3 Å². The van der Waals surface area contributed by atoms with Crippen LogP contribution in [0.5, 0.6) is 0 Å². The van der Waals surface area contributed by atoms with Crippen LogP contribution in [0.15, 0.2) is 48.5 Å². The lowest BCUT2D eigenvalue weighted by molar-refractivity contribution is -0.142. The van der Waals surface area contributed by atoms with Crippen LogP contribution in [0.4, 0.5) is 16.2 Å². The predicted octanol–water partition coefficient (Wildman–Crippen LogP) is 4.48. The van der Waals surface area contributed by atoms with E-state index in [0.29, 0.717) is 42.9 Å². The van der Waals surface area contributed by atoms with Gasteiger partial charge < -0.3 is 26.0 Å². The maximum absolute atomic E-state index is 12.6. The maximum Gasteiger partial charge on any atom is 0.325 e. The van der Waals surface area contributed by atoms with E-state index in [1.54, 1.807) is 41.3 Å². The highest BCUT2D eigenvalue weighted by molar-refractivity contribution is 6.45. The first-order valence-corrected chi connectivity index (χ1v) is 12.0. The lowest BCUT2D eigenvalue weighted by atomic mass is 9.95. The molecule has 4 amide bonds. The van der Waals surface area contributed by atoms with Crippen LogP contribution >= 0.6 is 23.2 Å². The molecule has 1 aliphatic rings. The Morgan fingerprint density at radius 2 is 1.67 bits per heavy atom. The fraction of sp³-hybridized carbons (Fsp3) is 0.280. The lowest BCUT2D eigenvalue weighted by Crippen LogP contribution is -2.46. The van der Waals surface area contributed by atoms with Crippen molar-refractivity contribution < 1.29 is 24.3 Å². The van der Waals surface area contributed by atoms with E-state index in [0.717, 1.165) is 0 Å². The second-order valence-electron chi connectivity index (χ2n) is 8.28. The van der Waals surface area contributed by atoms with E-state index in [1.165, 1.54) is 19.1 Å². The number of para-hydroxylation sites is 1. The number of carboxylic acid groups (broad SMARTS) is 1. The van der Waals surface area contributed by atoms with Crippen molar-refractivity contribution in [1.29, 1.82) is 0 Å². The van der Waals surface area contributed by atoms with Crippen molar-refractivity contribution in [1.82, 2.24) is 10.2 Å². The summed E-state index contributed by atoms with van der Waals surface area (Å²) in [6, 6.07) is 10.7. The predicted molar refractivity (Wildman–Crippen MR) is 139 cm³/mol. The topological polar surface area (TPSA) is 128 Å². The number of piperidine rings is 1. The zero-order chi connectivity index (χ0) is 26.2. The van der Waals surface area contributed by atoms with Gasteiger partial charge in [-0.3, -0.25) is 14.4 Å². The Balaban J connectivity index is 1.55. The van der Waals surface area contributed by atoms with E-state index < -0.39 is 18.0 Å². The van der Waals surface area contributed by atoms with Gasteiger partial charge in [0.1, 0.15) is 6.04 Å². The Kier molecular flexibility index (Phi) is 9.32. The summed E-state index contributed by atoms with van der Waals surface area (Å²) in [5, 5.41) is 17.0. The zero-order valence-corrected chi connectivity index (χ0v) is 21.0. The van der Waals surface area contributed by atoms with Crippen LogP contribution in [0.2, 0.25) is 10.0 Å². The van der Waals surface area contributed by atoms with Gasteiger partial charge in [0.25, 0.3) is 0 Å². The minimum absolute atomic E-state index is 0.136. The van der Waals surface area contributed by atoms with Gasteiger partial charge in [-0.15, -0.1) is 0 Å². The maximum atomic E-state index is 12.6. The first-order valence-electron chi connectivity index (χ1n) is 11.3. The smallest absolute Gasteiger partial charge is 0.325 e. The number of anilines is 2. The molecule has 2 aromatic carbocycles. The van der Waals surface area contributed by atoms with E-state index in [-0.39, 0.29) is 27.8 Å². The number of halogens is 2. The average molecular weight is 533 g/mol. The first kappa shape index (κ1) is 27.0. The van der Waals surface area contributed by atoms with Crippen LogP contribution in [0, 0.1) is 5.92 Å². The van der Waals surface area contributed by atoms with E-state index >= 15 is 0 Å². The normalized spacial score (nSPS) is 14.8. The molecule has 0 spiro atoms. The molecule has 3 rings (SSSR count). The molecule has 1 atom stereocenters. The summed E-state index contributed by atoms with van der Waals surface area (Å²) >= 11 is 12.7. The average Bonchev–Trinajstić information content (AvgIpc) is 2.86. The van der Waals surface area contributed by atoms with Gasteiger partial charge in [0.05, 0.1) is 15.7 Å². The van der Waals surface area contributed by atoms with Gasteiger partial charge in [-0.25, -0.2) is 4.79 Å². The molecular weight excluding hydrogens is 507 g/mol. The monoisotopic (exact) mass is 532 g/mol. The summed E-state index contributed by atoms with van der Waals surface area (Å²) in [5.74, 6) is -2.00. The van der Waals surface area contributed by atoms with Gasteiger partial charge >= 0.3 is 12.0 Å². The number of amides is 4. The Bertz CT molecular complexity index is 1160. The van der Waals surface area contributed by atoms with Crippen LogP contribution in [-0.4, -0.2) is 53.0 Å². The summed E-state index contributed by atoms with van der Waals surface area (Å²) in [6.45, 7) is 2.15. The molecule has 11 heteroatoms. The molecule has 36 heavy (non-hydrogen) atoms. The van der Waals surface area contributed by atoms with Gasteiger partial charge in [0.15, 0.2) is 0 Å². The Morgan fingerprint density at radius 1 is 1.00 bits per heavy atom. The van der Waals surface area contributed by atoms with E-state index in [2.05, 4.69) is 16.0 Å². The van der Waals surface area contributed by atoms with Crippen molar-refractivity contribution in [2.24, 2.45) is 5.92 Å². The molecule has 0 saturated carbocycles. The van der Waals surface area contributed by atoms with Gasteiger partial charge in [0.2, 0.25) is 11.8 Å². The van der Waals surface area contributed by atoms with E-state index in [9.17, 15) is 19.2 Å². The van der Waals surface area contributed by atoms with Crippen LogP contribution in [0.1, 0.15) is 25.3 Å². The number of carboxylic acids is 1. The largest absolute Gasteiger partial charge is 0.480 e. The van der Waals surface area contributed by atoms with Crippen LogP contribution in [0.25, 0.3) is 6.08 Å². The number of nitrogens with one attached hydrogen (secondary N) is 3. The number of urea groups is 1. The molecule has 1 saturated heterocycles. The lowest BCUT2D eigenvalue weighted by Gasteiger charge is -2.31. The number of hydrogen-bond donors (Lipinski definition) is 4. The molecule has 2 aromatic rings. The number of nitrogens with zero attached hydrogens (tertiary/aromatic N) is 1. The number of likely N-dealkylation sites (tertiary alicyclic amines) is 1. The summed E-state index contributed by atoms with van der Waals surface area (Å²) in [6.07, 6.45) is 3.79. The fourth-order valence-corrected chi connectivity index (χ4v) is 4.06. The molecule has 0 aromatic heterocycles. The van der Waals surface area contributed by atoms with E-state index in [1.807, 2.05) is 6.07 Å². The summed E-state index contributed by atoms with van der Waals surface area (Å²) in [7, 11) is 0. The standard InChI is InChI=1S/C25H26Cl2N4O5/c1-15(24(34)35)28-23(33)17-11-13-31(14-12-17)20(32)10-8-16-7-9-19(22(27)21(16)26)30-25(36)29-18-5-3-2-4-6-18/h2-10,15,17H,11-14H2,1H3,(H,28,33)(H,34,35)(H2,29,30,36)/b10-8+/t15-/m0/s1. The van der Waals surface area contributed by atoms with Gasteiger partial charge in [-0.2, -0.15) is 0 Å². The van der Waals surface area contributed by atoms with Crippen molar-refractivity contribution in [3.63, 3.8) is 0 Å². The third-order valence-electron chi connectivity index (χ3n) is 5.70. The molecule has 0 unspecified atom stereocenters. The highest BCUT2D eigenvalue weighted by Crippen LogP contribution is 2.34. The summed E-state index contributed by atoms with van der Waals surface area (Å²) in [4.78, 5) is 49.6. The second kappa shape index (κ2) is 12.4. The Labute approximate surface area is 218 Å². The molecule has 0 aliphatic carbocycles. The quantitative estimate of drug-likeness (QED) is 0.391. The highest BCUT2D eigenvalue weighted by atomic mass is 35.5. The third-order valence-corrected chi connectivity index (χ3v) is 6.60. The van der Waals surface area contributed by atoms with Crippen molar-refractivity contribution in [3.05, 3.63) is 64.1 Å². The third kappa shape index (κ3) is 7.22. The molecule has 1 fully saturated rings. The molecular formula is C25H26Cl2N4O5. The van der Waals surface area contributed by atoms with Gasteiger partial charge in [0, 0.05) is 30.8 Å². The van der Waals surface area contributed by atoms with Crippen LogP contribution in [-0.2, 0) is 14.4 Å². The molecule has 0 bridgehead atoms. The number of aliphatic carboxylic acids is 1. The number of rotatable bonds is 7. The minimum Gasteiger partial charge on any atom is -0.480 e. The number of hydrogen-bond acceptors (Lipinski definition) is 4. The van der Waals surface area contributed by atoms with Gasteiger partial charge in [-0.05, 0) is 49.6 Å². The SMILES string of the molecule is C[C@H](NC(=O)C1CCN(C(=O)/C=C/c2ccc(NC(=O)Nc3ccccc3)c(Cl)c2Cl)CC1)C(=O)O.